The summed E-state index contributed by atoms with van der Waals surface area (Å²) < 4.78 is 11.1. The number of ether oxygens (including phenoxy) is 2. The summed E-state index contributed by atoms with van der Waals surface area (Å²) in [5.41, 5.74) is 0.718. The lowest BCUT2D eigenvalue weighted by atomic mass is 10.2. The lowest BCUT2D eigenvalue weighted by molar-refractivity contribution is -0.115. The first-order chi connectivity index (χ1) is 10.0. The quantitative estimate of drug-likeness (QED) is 0.797. The van der Waals surface area contributed by atoms with Gasteiger partial charge < -0.3 is 14.8 Å². The predicted molar refractivity (Wildman–Crippen MR) is 83.2 cm³/mol. The average Bonchev–Trinajstić information content (AvgIpc) is 2.75. The third kappa shape index (κ3) is 3.56. The van der Waals surface area contributed by atoms with Crippen LogP contribution in [0.15, 0.2) is 21.5 Å². The Balaban J connectivity index is 2.37. The highest BCUT2D eigenvalue weighted by Gasteiger charge is 2.22. The van der Waals surface area contributed by atoms with E-state index in [1.54, 1.807) is 18.2 Å². The molecule has 0 aromatic heterocycles. The topological polar surface area (TPSA) is 95.2 Å². The number of halogens is 1. The molecule has 1 aromatic carbocycles. The van der Waals surface area contributed by atoms with E-state index in [2.05, 4.69) is 21.2 Å². The maximum atomic E-state index is 11.6. The molecule has 0 saturated carbocycles. The summed E-state index contributed by atoms with van der Waals surface area (Å²) in [4.78, 5) is 12.0. The van der Waals surface area contributed by atoms with Crippen molar-refractivity contribution in [3.8, 4) is 17.6 Å². The van der Waals surface area contributed by atoms with Crippen LogP contribution in [0.5, 0.6) is 11.5 Å². The Morgan fingerprint density at radius 2 is 2.33 bits per heavy atom. The molecule has 2 N–H and O–H groups in total. The summed E-state index contributed by atoms with van der Waals surface area (Å²) in [6.45, 7) is -0.0924. The monoisotopic (exact) mass is 367 g/mol. The fourth-order valence-corrected chi connectivity index (χ4v) is 2.94. The second-order valence-corrected chi connectivity index (χ2v) is 5.78. The van der Waals surface area contributed by atoms with Gasteiger partial charge in [-0.15, -0.1) is 0 Å². The number of nitriles is 1. The minimum atomic E-state index is -0.301. The van der Waals surface area contributed by atoms with Crippen molar-refractivity contribution in [2.75, 3.05) is 13.7 Å². The van der Waals surface area contributed by atoms with Crippen molar-refractivity contribution in [1.82, 2.24) is 5.32 Å². The van der Waals surface area contributed by atoms with Gasteiger partial charge in [0.25, 0.3) is 5.91 Å². The lowest BCUT2D eigenvalue weighted by Gasteiger charge is -2.11. The molecule has 6 nitrogen and oxygen atoms in total. The van der Waals surface area contributed by atoms with Crippen LogP contribution in [-0.2, 0) is 4.79 Å². The molecule has 1 aliphatic rings. The van der Waals surface area contributed by atoms with Crippen molar-refractivity contribution in [1.29, 1.82) is 10.7 Å². The Hall–Kier alpha value is -1.98. The molecule has 0 bridgehead atoms. The number of hydrogen-bond donors (Lipinski definition) is 2. The molecule has 1 saturated heterocycles. The summed E-state index contributed by atoms with van der Waals surface area (Å²) in [6.07, 6.45) is 1.66. The zero-order valence-electron chi connectivity index (χ0n) is 10.9. The minimum Gasteiger partial charge on any atom is -0.493 e. The van der Waals surface area contributed by atoms with Crippen molar-refractivity contribution in [3.63, 3.8) is 0 Å². The van der Waals surface area contributed by atoms with Gasteiger partial charge in [-0.3, -0.25) is 10.2 Å². The van der Waals surface area contributed by atoms with Crippen LogP contribution in [0, 0.1) is 16.7 Å². The third-order valence-corrected chi connectivity index (χ3v) is 3.91. The average molecular weight is 368 g/mol. The van der Waals surface area contributed by atoms with E-state index in [0.29, 0.717) is 20.9 Å². The van der Waals surface area contributed by atoms with E-state index in [1.165, 1.54) is 7.11 Å². The highest BCUT2D eigenvalue weighted by atomic mass is 79.9. The Kier molecular flexibility index (Phi) is 4.88. The Morgan fingerprint density at radius 3 is 2.90 bits per heavy atom. The normalized spacial score (nSPS) is 15.8. The van der Waals surface area contributed by atoms with Crippen LogP contribution in [0.2, 0.25) is 0 Å². The standard InChI is InChI=1S/C13H10BrN3O3S/c1-19-9-5-7(4-8(14)11(9)20-3-2-15)6-10-12(18)17-13(16)21-10/h4-6H,3H2,1H3,(H2,16,17,18)/b10-6-. The van der Waals surface area contributed by atoms with Crippen molar-refractivity contribution in [2.24, 2.45) is 0 Å². The lowest BCUT2D eigenvalue weighted by Crippen LogP contribution is -2.18. The zero-order chi connectivity index (χ0) is 15.4. The van der Waals surface area contributed by atoms with Crippen molar-refractivity contribution < 1.29 is 14.3 Å². The van der Waals surface area contributed by atoms with Crippen LogP contribution in [0.1, 0.15) is 5.56 Å². The molecule has 0 radical (unpaired) electrons. The number of amidine groups is 1. The van der Waals surface area contributed by atoms with Gasteiger partial charge in [0.2, 0.25) is 0 Å². The summed E-state index contributed by atoms with van der Waals surface area (Å²) in [5, 5.41) is 18.5. The first-order valence-electron chi connectivity index (χ1n) is 5.72. The summed E-state index contributed by atoms with van der Waals surface area (Å²) in [7, 11) is 1.49. The SMILES string of the molecule is COc1cc(/C=C2\SC(=N)NC2=O)cc(Br)c1OCC#N. The van der Waals surface area contributed by atoms with E-state index in [9.17, 15) is 4.79 Å². The second-order valence-electron chi connectivity index (χ2n) is 3.87. The molecule has 0 atom stereocenters. The number of amides is 1. The fourth-order valence-electron chi connectivity index (χ4n) is 1.66. The van der Waals surface area contributed by atoms with Crippen molar-refractivity contribution in [2.45, 2.75) is 0 Å². The number of rotatable bonds is 4. The van der Waals surface area contributed by atoms with E-state index in [4.69, 9.17) is 20.1 Å². The smallest absolute Gasteiger partial charge is 0.264 e. The molecule has 1 amide bonds. The summed E-state index contributed by atoms with van der Waals surface area (Å²) in [5.74, 6) is 0.576. The number of carbonyl (C=O) groups excluding carboxylic acids is 1. The zero-order valence-corrected chi connectivity index (χ0v) is 13.3. The predicted octanol–water partition coefficient (Wildman–Crippen LogP) is 2.50. The van der Waals surface area contributed by atoms with Crippen LogP contribution in [0.25, 0.3) is 6.08 Å². The number of thioether (sulfide) groups is 1. The van der Waals surface area contributed by atoms with Gasteiger partial charge >= 0.3 is 0 Å². The molecule has 108 valence electrons. The highest BCUT2D eigenvalue weighted by Crippen LogP contribution is 2.38. The van der Waals surface area contributed by atoms with E-state index in [1.807, 2.05) is 6.07 Å². The largest absolute Gasteiger partial charge is 0.493 e. The number of nitrogens with zero attached hydrogens (tertiary/aromatic N) is 1. The maximum absolute atomic E-state index is 11.6. The Bertz CT molecular complexity index is 682. The van der Waals surface area contributed by atoms with Gasteiger partial charge in [-0.25, -0.2) is 0 Å². The molecule has 2 rings (SSSR count). The maximum Gasteiger partial charge on any atom is 0.264 e. The molecule has 21 heavy (non-hydrogen) atoms. The van der Waals surface area contributed by atoms with Crippen molar-refractivity contribution in [3.05, 3.63) is 27.1 Å². The molecule has 1 aromatic rings. The van der Waals surface area contributed by atoms with Gasteiger partial charge in [0, 0.05) is 0 Å². The van der Waals surface area contributed by atoms with Crippen LogP contribution in [-0.4, -0.2) is 24.8 Å². The number of hydrogen-bond acceptors (Lipinski definition) is 6. The number of methoxy groups -OCH3 is 1. The van der Waals surface area contributed by atoms with Gasteiger partial charge in [-0.2, -0.15) is 5.26 Å². The van der Waals surface area contributed by atoms with Gasteiger partial charge in [-0.1, -0.05) is 0 Å². The number of benzene rings is 1. The second kappa shape index (κ2) is 6.65. The molecule has 0 unspecified atom stereocenters. The molecule has 0 spiro atoms. The molecular weight excluding hydrogens is 358 g/mol. The van der Waals surface area contributed by atoms with Gasteiger partial charge in [0.05, 0.1) is 16.5 Å². The molecule has 0 aliphatic carbocycles. The van der Waals surface area contributed by atoms with E-state index in [-0.39, 0.29) is 17.7 Å². The molecule has 1 heterocycles. The third-order valence-electron chi connectivity index (χ3n) is 2.49. The van der Waals surface area contributed by atoms with Gasteiger partial charge in [0.1, 0.15) is 6.07 Å². The van der Waals surface area contributed by atoms with E-state index in [0.717, 1.165) is 17.3 Å². The van der Waals surface area contributed by atoms with E-state index >= 15 is 0 Å². The van der Waals surface area contributed by atoms with Gasteiger partial charge in [-0.05, 0) is 51.5 Å². The van der Waals surface area contributed by atoms with E-state index < -0.39 is 0 Å². The first kappa shape index (κ1) is 15.4. The van der Waals surface area contributed by atoms with Gasteiger partial charge in [0.15, 0.2) is 23.3 Å². The molecule has 8 heteroatoms. The Morgan fingerprint density at radius 1 is 1.57 bits per heavy atom. The highest BCUT2D eigenvalue weighted by molar-refractivity contribution is 9.10. The summed E-state index contributed by atoms with van der Waals surface area (Å²) >= 11 is 4.41. The van der Waals surface area contributed by atoms with Crippen LogP contribution in [0.3, 0.4) is 0 Å². The van der Waals surface area contributed by atoms with Crippen LogP contribution < -0.4 is 14.8 Å². The number of nitrogens with one attached hydrogen (secondary N) is 2. The van der Waals surface area contributed by atoms with Crippen LogP contribution >= 0.6 is 27.7 Å². The Labute approximate surface area is 133 Å². The van der Waals surface area contributed by atoms with Crippen molar-refractivity contribution >= 4 is 44.8 Å². The minimum absolute atomic E-state index is 0.0924. The first-order valence-corrected chi connectivity index (χ1v) is 7.33. The molecular formula is C13H10BrN3O3S. The molecule has 1 aliphatic heterocycles. The van der Waals surface area contributed by atoms with Crippen LogP contribution in [0.4, 0.5) is 0 Å². The fraction of sp³-hybridized carbons (Fsp3) is 0.154. The molecule has 1 fully saturated rings. The number of carbonyl (C=O) groups is 1. The summed E-state index contributed by atoms with van der Waals surface area (Å²) in [6, 6.07) is 5.33.